The quantitative estimate of drug-likeness (QED) is 0.531. The molecule has 3 N–H and O–H groups in total. The van der Waals surface area contributed by atoms with Gasteiger partial charge in [0.1, 0.15) is 0 Å². The summed E-state index contributed by atoms with van der Waals surface area (Å²) in [4.78, 5) is 11.7. The molecular formula is C20H17ClN2O4S. The number of rotatable bonds is 6. The Morgan fingerprint density at radius 3 is 2.21 bits per heavy atom. The molecule has 144 valence electrons. The fourth-order valence-electron chi connectivity index (χ4n) is 2.57. The van der Waals surface area contributed by atoms with Crippen molar-refractivity contribution in [1.82, 2.24) is 0 Å². The number of aryl methyl sites for hydroxylation is 1. The Labute approximate surface area is 167 Å². The van der Waals surface area contributed by atoms with Crippen molar-refractivity contribution in [2.24, 2.45) is 0 Å². The van der Waals surface area contributed by atoms with E-state index in [0.717, 1.165) is 5.56 Å². The van der Waals surface area contributed by atoms with Gasteiger partial charge in [-0.3, -0.25) is 4.72 Å². The van der Waals surface area contributed by atoms with E-state index in [0.29, 0.717) is 10.7 Å². The SMILES string of the molecule is Cc1ccc(S(=O)(=O)Nc2cccc(C(=O)O)c2Nc2ccccc2Cl)cc1. The van der Waals surface area contributed by atoms with Gasteiger partial charge in [-0.05, 0) is 43.3 Å². The van der Waals surface area contributed by atoms with Gasteiger partial charge in [0.2, 0.25) is 0 Å². The Kier molecular flexibility index (Phi) is 5.58. The van der Waals surface area contributed by atoms with Crippen LogP contribution in [-0.2, 0) is 10.0 Å². The Bertz CT molecular complexity index is 1130. The Morgan fingerprint density at radius 2 is 1.57 bits per heavy atom. The zero-order chi connectivity index (χ0) is 20.3. The van der Waals surface area contributed by atoms with Gasteiger partial charge in [0.25, 0.3) is 10.0 Å². The molecule has 0 aromatic heterocycles. The summed E-state index contributed by atoms with van der Waals surface area (Å²) < 4.78 is 28.0. The molecule has 0 atom stereocenters. The van der Waals surface area contributed by atoms with Gasteiger partial charge in [0.05, 0.1) is 32.5 Å². The first-order valence-corrected chi connectivity index (χ1v) is 10.1. The summed E-state index contributed by atoms with van der Waals surface area (Å²) in [5, 5.41) is 12.8. The van der Waals surface area contributed by atoms with Gasteiger partial charge >= 0.3 is 5.97 Å². The number of sulfonamides is 1. The number of para-hydroxylation sites is 2. The van der Waals surface area contributed by atoms with Crippen molar-refractivity contribution in [1.29, 1.82) is 0 Å². The van der Waals surface area contributed by atoms with Crippen LogP contribution in [-0.4, -0.2) is 19.5 Å². The molecule has 28 heavy (non-hydrogen) atoms. The maximum absolute atomic E-state index is 12.8. The fraction of sp³-hybridized carbons (Fsp3) is 0.0500. The second kappa shape index (κ2) is 7.92. The summed E-state index contributed by atoms with van der Waals surface area (Å²) in [5.41, 5.74) is 1.48. The first-order valence-electron chi connectivity index (χ1n) is 8.25. The average Bonchev–Trinajstić information content (AvgIpc) is 2.64. The van der Waals surface area contributed by atoms with Crippen molar-refractivity contribution in [3.8, 4) is 0 Å². The molecule has 0 spiro atoms. The smallest absolute Gasteiger partial charge is 0.337 e. The molecular weight excluding hydrogens is 400 g/mol. The third-order valence-corrected chi connectivity index (χ3v) is 5.71. The molecule has 8 heteroatoms. The van der Waals surface area contributed by atoms with E-state index in [2.05, 4.69) is 10.0 Å². The maximum atomic E-state index is 12.8. The molecule has 0 aliphatic carbocycles. The minimum Gasteiger partial charge on any atom is -0.478 e. The minimum absolute atomic E-state index is 0.0718. The number of halogens is 1. The van der Waals surface area contributed by atoms with Crippen molar-refractivity contribution in [3.05, 3.63) is 82.9 Å². The number of anilines is 3. The molecule has 0 saturated carbocycles. The molecule has 6 nitrogen and oxygen atoms in total. The Balaban J connectivity index is 2.06. The van der Waals surface area contributed by atoms with Crippen LogP contribution >= 0.6 is 11.6 Å². The molecule has 0 aliphatic rings. The van der Waals surface area contributed by atoms with Gasteiger partial charge in [-0.15, -0.1) is 0 Å². The van der Waals surface area contributed by atoms with Crippen LogP contribution in [0.15, 0.2) is 71.6 Å². The number of benzene rings is 3. The van der Waals surface area contributed by atoms with Crippen LogP contribution in [0.1, 0.15) is 15.9 Å². The topological polar surface area (TPSA) is 95.5 Å². The van der Waals surface area contributed by atoms with Crippen molar-refractivity contribution in [2.45, 2.75) is 11.8 Å². The molecule has 0 fully saturated rings. The maximum Gasteiger partial charge on any atom is 0.337 e. The second-order valence-corrected chi connectivity index (χ2v) is 8.15. The zero-order valence-corrected chi connectivity index (χ0v) is 16.4. The highest BCUT2D eigenvalue weighted by Crippen LogP contribution is 2.34. The van der Waals surface area contributed by atoms with Crippen LogP contribution in [0.4, 0.5) is 17.1 Å². The van der Waals surface area contributed by atoms with E-state index in [1.807, 2.05) is 6.92 Å². The van der Waals surface area contributed by atoms with Crippen LogP contribution in [0.2, 0.25) is 5.02 Å². The number of carboxylic acid groups (broad SMARTS) is 1. The van der Waals surface area contributed by atoms with E-state index in [1.165, 1.54) is 30.3 Å². The molecule has 0 heterocycles. The highest BCUT2D eigenvalue weighted by molar-refractivity contribution is 7.92. The van der Waals surface area contributed by atoms with Crippen LogP contribution < -0.4 is 10.0 Å². The van der Waals surface area contributed by atoms with Crippen LogP contribution in [0.5, 0.6) is 0 Å². The minimum atomic E-state index is -3.91. The van der Waals surface area contributed by atoms with Gasteiger partial charge in [-0.25, -0.2) is 13.2 Å². The lowest BCUT2D eigenvalue weighted by molar-refractivity contribution is 0.0698. The standard InChI is InChI=1S/C20H17ClN2O4S/c1-13-9-11-14(12-10-13)28(26,27)23-18-8-4-5-15(20(24)25)19(18)22-17-7-3-2-6-16(17)21/h2-12,22-23H,1H3,(H,24,25). The van der Waals surface area contributed by atoms with E-state index in [9.17, 15) is 18.3 Å². The molecule has 0 bridgehead atoms. The zero-order valence-electron chi connectivity index (χ0n) is 14.8. The number of hydrogen-bond donors (Lipinski definition) is 3. The van der Waals surface area contributed by atoms with E-state index in [-0.39, 0.29) is 21.8 Å². The molecule has 0 aliphatic heterocycles. The molecule has 0 radical (unpaired) electrons. The third kappa shape index (κ3) is 4.27. The van der Waals surface area contributed by atoms with Crippen LogP contribution in [0, 0.1) is 6.92 Å². The van der Waals surface area contributed by atoms with E-state index in [4.69, 9.17) is 11.6 Å². The normalized spacial score (nSPS) is 11.1. The highest BCUT2D eigenvalue weighted by atomic mass is 35.5. The molecule has 0 amide bonds. The molecule has 0 saturated heterocycles. The summed E-state index contributed by atoms with van der Waals surface area (Å²) in [6.45, 7) is 1.85. The van der Waals surface area contributed by atoms with Crippen LogP contribution in [0.25, 0.3) is 0 Å². The van der Waals surface area contributed by atoms with Gasteiger partial charge in [-0.2, -0.15) is 0 Å². The monoisotopic (exact) mass is 416 g/mol. The predicted molar refractivity (Wildman–Crippen MR) is 110 cm³/mol. The molecule has 3 aromatic carbocycles. The number of carboxylic acids is 1. The van der Waals surface area contributed by atoms with E-state index >= 15 is 0 Å². The summed E-state index contributed by atoms with van der Waals surface area (Å²) in [6, 6.07) is 17.4. The van der Waals surface area contributed by atoms with Gasteiger partial charge < -0.3 is 10.4 Å². The third-order valence-electron chi connectivity index (χ3n) is 4.00. The highest BCUT2D eigenvalue weighted by Gasteiger charge is 2.20. The van der Waals surface area contributed by atoms with Gasteiger partial charge in [0.15, 0.2) is 0 Å². The number of carbonyl (C=O) groups is 1. The summed E-state index contributed by atoms with van der Waals surface area (Å²) >= 11 is 6.15. The molecule has 0 unspecified atom stereocenters. The lowest BCUT2D eigenvalue weighted by Crippen LogP contribution is -2.15. The van der Waals surface area contributed by atoms with Gasteiger partial charge in [-0.1, -0.05) is 47.5 Å². The number of hydrogen-bond acceptors (Lipinski definition) is 4. The molecule has 3 aromatic rings. The number of nitrogens with one attached hydrogen (secondary N) is 2. The van der Waals surface area contributed by atoms with Crippen molar-refractivity contribution >= 4 is 44.7 Å². The first kappa shape index (κ1) is 19.7. The van der Waals surface area contributed by atoms with E-state index in [1.54, 1.807) is 36.4 Å². The number of aromatic carboxylic acids is 1. The first-order chi connectivity index (χ1) is 13.3. The molecule has 3 rings (SSSR count). The summed E-state index contributed by atoms with van der Waals surface area (Å²) in [7, 11) is -3.91. The fourth-order valence-corrected chi connectivity index (χ4v) is 3.82. The lowest BCUT2D eigenvalue weighted by atomic mass is 10.1. The Hall–Kier alpha value is -3.03. The van der Waals surface area contributed by atoms with Crippen molar-refractivity contribution < 1.29 is 18.3 Å². The second-order valence-electron chi connectivity index (χ2n) is 6.06. The van der Waals surface area contributed by atoms with Crippen molar-refractivity contribution in [3.63, 3.8) is 0 Å². The summed E-state index contributed by atoms with van der Waals surface area (Å²) in [5.74, 6) is -1.20. The van der Waals surface area contributed by atoms with E-state index < -0.39 is 16.0 Å². The van der Waals surface area contributed by atoms with Gasteiger partial charge in [0, 0.05) is 0 Å². The van der Waals surface area contributed by atoms with Crippen LogP contribution in [0.3, 0.4) is 0 Å². The Morgan fingerprint density at radius 1 is 0.929 bits per heavy atom. The lowest BCUT2D eigenvalue weighted by Gasteiger charge is -2.17. The predicted octanol–water partition coefficient (Wildman–Crippen LogP) is 4.89. The average molecular weight is 417 g/mol. The summed E-state index contributed by atoms with van der Waals surface area (Å²) in [6.07, 6.45) is 0. The van der Waals surface area contributed by atoms with Crippen molar-refractivity contribution in [2.75, 3.05) is 10.0 Å². The largest absolute Gasteiger partial charge is 0.478 e.